The van der Waals surface area contributed by atoms with Crippen LogP contribution in [0.25, 0.3) is 0 Å². The summed E-state index contributed by atoms with van der Waals surface area (Å²) in [6, 6.07) is 5.52. The predicted octanol–water partition coefficient (Wildman–Crippen LogP) is 2.95. The highest BCUT2D eigenvalue weighted by atomic mass is 19.1. The predicted molar refractivity (Wildman–Crippen MR) is 80.7 cm³/mol. The molecule has 1 aromatic carbocycles. The Morgan fingerprint density at radius 2 is 1.67 bits per heavy atom. The zero-order chi connectivity index (χ0) is 15.5. The lowest BCUT2D eigenvalue weighted by atomic mass is 9.76. The molecule has 21 heavy (non-hydrogen) atoms. The summed E-state index contributed by atoms with van der Waals surface area (Å²) in [5.74, 6) is 0.617. The summed E-state index contributed by atoms with van der Waals surface area (Å²) in [4.78, 5) is 0. The SMILES string of the molecule is CC1(F)CCOc2ccc(B3OC(C)(C)C(C)(C)O3)cc21. The standard InChI is InChI=1S/C16H22BFO3/c1-14(2)15(3,4)21-17(20-14)11-6-7-13-12(10-11)16(5,18)8-9-19-13/h6-7,10H,8-9H2,1-5H3. The van der Waals surface area contributed by atoms with Crippen molar-refractivity contribution in [3.63, 3.8) is 0 Å². The summed E-state index contributed by atoms with van der Waals surface area (Å²) < 4.78 is 32.3. The van der Waals surface area contributed by atoms with Gasteiger partial charge in [0.15, 0.2) is 0 Å². The Hall–Kier alpha value is -1.07. The van der Waals surface area contributed by atoms with Crippen molar-refractivity contribution in [1.82, 2.24) is 0 Å². The van der Waals surface area contributed by atoms with E-state index < -0.39 is 24.0 Å². The van der Waals surface area contributed by atoms with Gasteiger partial charge in [-0.1, -0.05) is 12.1 Å². The van der Waals surface area contributed by atoms with Crippen LogP contribution in [-0.2, 0) is 15.0 Å². The lowest BCUT2D eigenvalue weighted by Gasteiger charge is -2.32. The van der Waals surface area contributed by atoms with Crippen LogP contribution in [0.3, 0.4) is 0 Å². The van der Waals surface area contributed by atoms with Crippen molar-refractivity contribution in [3.8, 4) is 5.75 Å². The zero-order valence-corrected chi connectivity index (χ0v) is 13.3. The monoisotopic (exact) mass is 292 g/mol. The van der Waals surface area contributed by atoms with Crippen LogP contribution in [0.5, 0.6) is 5.75 Å². The third-order valence-electron chi connectivity index (χ3n) is 4.92. The van der Waals surface area contributed by atoms with Crippen LogP contribution in [0.2, 0.25) is 0 Å². The van der Waals surface area contributed by atoms with Crippen LogP contribution in [0.15, 0.2) is 18.2 Å². The third-order valence-corrected chi connectivity index (χ3v) is 4.92. The molecule has 0 radical (unpaired) electrons. The lowest BCUT2D eigenvalue weighted by Crippen LogP contribution is -2.41. The van der Waals surface area contributed by atoms with Gasteiger partial charge in [0, 0.05) is 12.0 Å². The van der Waals surface area contributed by atoms with Crippen LogP contribution in [0, 0.1) is 0 Å². The molecular weight excluding hydrogens is 270 g/mol. The summed E-state index contributed by atoms with van der Waals surface area (Å²) in [6.07, 6.45) is 0.368. The second-order valence-electron chi connectivity index (χ2n) is 7.14. The molecule has 2 aliphatic rings. The van der Waals surface area contributed by atoms with Gasteiger partial charge >= 0.3 is 7.12 Å². The molecule has 0 aliphatic carbocycles. The second kappa shape index (κ2) is 4.46. The molecular formula is C16H22BFO3. The van der Waals surface area contributed by atoms with Crippen molar-refractivity contribution in [1.29, 1.82) is 0 Å². The molecule has 0 saturated carbocycles. The van der Waals surface area contributed by atoms with Gasteiger partial charge in [-0.2, -0.15) is 0 Å². The first-order chi connectivity index (χ1) is 9.62. The van der Waals surface area contributed by atoms with Crippen LogP contribution in [0.1, 0.15) is 46.6 Å². The normalized spacial score (nSPS) is 29.9. The minimum absolute atomic E-state index is 0.368. The molecule has 1 unspecified atom stereocenters. The largest absolute Gasteiger partial charge is 0.494 e. The molecule has 0 bridgehead atoms. The summed E-state index contributed by atoms with van der Waals surface area (Å²) in [7, 11) is -0.474. The van der Waals surface area contributed by atoms with Gasteiger partial charge in [0.25, 0.3) is 0 Å². The number of benzene rings is 1. The minimum Gasteiger partial charge on any atom is -0.493 e. The first-order valence-electron chi connectivity index (χ1n) is 7.44. The number of rotatable bonds is 1. The highest BCUT2D eigenvalue weighted by Gasteiger charge is 2.52. The lowest BCUT2D eigenvalue weighted by molar-refractivity contribution is 0.00578. The molecule has 1 saturated heterocycles. The van der Waals surface area contributed by atoms with E-state index in [1.54, 1.807) is 6.92 Å². The molecule has 2 heterocycles. The van der Waals surface area contributed by atoms with Crippen molar-refractivity contribution in [2.24, 2.45) is 0 Å². The maximum Gasteiger partial charge on any atom is 0.494 e. The average Bonchev–Trinajstić information content (AvgIpc) is 2.58. The molecule has 0 aromatic heterocycles. The Morgan fingerprint density at radius 3 is 2.29 bits per heavy atom. The smallest absolute Gasteiger partial charge is 0.493 e. The van der Waals surface area contributed by atoms with Gasteiger partial charge in [-0.3, -0.25) is 0 Å². The molecule has 1 aromatic rings. The highest BCUT2D eigenvalue weighted by molar-refractivity contribution is 6.62. The van der Waals surface area contributed by atoms with Gasteiger partial charge in [-0.05, 0) is 46.1 Å². The van der Waals surface area contributed by atoms with E-state index in [2.05, 4.69) is 0 Å². The van der Waals surface area contributed by atoms with Crippen LogP contribution in [-0.4, -0.2) is 24.9 Å². The number of halogens is 1. The summed E-state index contributed by atoms with van der Waals surface area (Å²) in [5.41, 5.74) is -0.748. The topological polar surface area (TPSA) is 27.7 Å². The molecule has 1 fully saturated rings. The number of fused-ring (bicyclic) bond motifs is 1. The van der Waals surface area contributed by atoms with E-state index in [-0.39, 0.29) is 0 Å². The maximum absolute atomic E-state index is 14.7. The summed E-state index contributed by atoms with van der Waals surface area (Å²) >= 11 is 0. The van der Waals surface area contributed by atoms with E-state index in [0.29, 0.717) is 24.3 Å². The van der Waals surface area contributed by atoms with Crippen molar-refractivity contribution < 1.29 is 18.4 Å². The molecule has 3 nitrogen and oxygen atoms in total. The fourth-order valence-corrected chi connectivity index (χ4v) is 2.69. The second-order valence-corrected chi connectivity index (χ2v) is 7.14. The molecule has 3 rings (SSSR count). The molecule has 114 valence electrons. The van der Waals surface area contributed by atoms with Gasteiger partial charge in [0.2, 0.25) is 0 Å². The zero-order valence-electron chi connectivity index (χ0n) is 13.3. The third kappa shape index (κ3) is 2.36. The van der Waals surface area contributed by atoms with Crippen LogP contribution >= 0.6 is 0 Å². The molecule has 0 amide bonds. The first-order valence-corrected chi connectivity index (χ1v) is 7.44. The summed E-state index contributed by atoms with van der Waals surface area (Å²) in [5, 5.41) is 0. The molecule has 0 N–H and O–H groups in total. The molecule has 5 heteroatoms. The molecule has 2 aliphatic heterocycles. The van der Waals surface area contributed by atoms with Crippen molar-refractivity contribution in [2.45, 2.75) is 57.9 Å². The van der Waals surface area contributed by atoms with E-state index in [0.717, 1.165) is 5.46 Å². The quantitative estimate of drug-likeness (QED) is 0.745. The number of hydrogen-bond donors (Lipinski definition) is 0. The van der Waals surface area contributed by atoms with E-state index >= 15 is 0 Å². The Bertz CT molecular complexity index is 553. The number of ether oxygens (including phenoxy) is 1. The summed E-state index contributed by atoms with van der Waals surface area (Å²) in [6.45, 7) is 10.0. The van der Waals surface area contributed by atoms with Gasteiger partial charge in [-0.25, -0.2) is 4.39 Å². The van der Waals surface area contributed by atoms with Crippen molar-refractivity contribution >= 4 is 12.6 Å². The molecule has 0 spiro atoms. The number of hydrogen-bond acceptors (Lipinski definition) is 3. The average molecular weight is 292 g/mol. The van der Waals surface area contributed by atoms with E-state index in [1.807, 2.05) is 45.9 Å². The van der Waals surface area contributed by atoms with E-state index in [1.165, 1.54) is 0 Å². The van der Waals surface area contributed by atoms with Gasteiger partial charge in [-0.15, -0.1) is 0 Å². The number of alkyl halides is 1. The minimum atomic E-state index is -1.37. The Morgan fingerprint density at radius 1 is 1.05 bits per heavy atom. The van der Waals surface area contributed by atoms with Gasteiger partial charge in [0.1, 0.15) is 11.4 Å². The van der Waals surface area contributed by atoms with Crippen molar-refractivity contribution in [3.05, 3.63) is 23.8 Å². The maximum atomic E-state index is 14.7. The fourth-order valence-electron chi connectivity index (χ4n) is 2.69. The van der Waals surface area contributed by atoms with E-state index in [9.17, 15) is 4.39 Å². The van der Waals surface area contributed by atoms with E-state index in [4.69, 9.17) is 14.0 Å². The van der Waals surface area contributed by atoms with Gasteiger partial charge in [0.05, 0.1) is 17.8 Å². The highest BCUT2D eigenvalue weighted by Crippen LogP contribution is 2.40. The first kappa shape index (κ1) is 14.9. The Kier molecular flexibility index (Phi) is 3.16. The van der Waals surface area contributed by atoms with Crippen LogP contribution in [0.4, 0.5) is 4.39 Å². The molecule has 1 atom stereocenters. The Labute approximate surface area is 125 Å². The van der Waals surface area contributed by atoms with Gasteiger partial charge < -0.3 is 14.0 Å². The Balaban J connectivity index is 1.95. The van der Waals surface area contributed by atoms with Crippen molar-refractivity contribution in [2.75, 3.05) is 6.61 Å². The van der Waals surface area contributed by atoms with Crippen LogP contribution < -0.4 is 10.2 Å². The fraction of sp³-hybridized carbons (Fsp3) is 0.625.